The fraction of sp³-hybridized carbons (Fsp3) is 0.0833. The summed E-state index contributed by atoms with van der Waals surface area (Å²) in [5, 5.41) is 1.72. The number of hydrogen-bond donors (Lipinski definition) is 1. The summed E-state index contributed by atoms with van der Waals surface area (Å²) >= 11 is 11.5. The Morgan fingerprint density at radius 3 is 2.94 bits per heavy atom. The third-order valence-corrected chi connectivity index (χ3v) is 5.15. The fourth-order valence-electron chi connectivity index (χ4n) is 1.76. The minimum absolute atomic E-state index is 0.260. The van der Waals surface area contributed by atoms with E-state index < -0.39 is 5.76 Å². The molecule has 0 saturated heterocycles. The maximum atomic E-state index is 11.1. The lowest BCUT2D eigenvalue weighted by Gasteiger charge is -2.08. The van der Waals surface area contributed by atoms with Crippen LogP contribution in [0.1, 0.15) is 15.8 Å². The predicted octanol–water partition coefficient (Wildman–Crippen LogP) is 4.27. The van der Waals surface area contributed by atoms with Crippen LogP contribution >= 0.6 is 38.9 Å². The first-order valence-corrected chi connectivity index (χ1v) is 7.26. The summed E-state index contributed by atoms with van der Waals surface area (Å²) in [5.74, 6) is -0.453. The Morgan fingerprint density at radius 2 is 2.22 bits per heavy atom. The molecule has 3 aromatic rings. The highest BCUT2D eigenvalue weighted by molar-refractivity contribution is 9.10. The molecule has 1 atom stereocenters. The van der Waals surface area contributed by atoms with Gasteiger partial charge >= 0.3 is 5.76 Å². The lowest BCUT2D eigenvalue weighted by atomic mass is 10.1. The van der Waals surface area contributed by atoms with Gasteiger partial charge in [-0.1, -0.05) is 6.07 Å². The summed E-state index contributed by atoms with van der Waals surface area (Å²) in [7, 11) is 0. The Kier molecular flexibility index (Phi) is 3.05. The van der Waals surface area contributed by atoms with Crippen molar-refractivity contribution in [1.29, 1.82) is 0 Å². The summed E-state index contributed by atoms with van der Waals surface area (Å²) in [6, 6.07) is 7.44. The molecule has 0 saturated carbocycles. The van der Waals surface area contributed by atoms with Gasteiger partial charge in [-0.15, -0.1) is 22.9 Å². The predicted molar refractivity (Wildman–Crippen MR) is 76.5 cm³/mol. The summed E-state index contributed by atoms with van der Waals surface area (Å²) in [6.07, 6.45) is 0. The number of fused-ring (bicyclic) bond motifs is 1. The largest absolute Gasteiger partial charge is 0.417 e. The van der Waals surface area contributed by atoms with E-state index >= 15 is 0 Å². The van der Waals surface area contributed by atoms with Crippen molar-refractivity contribution < 1.29 is 4.42 Å². The molecule has 0 aliphatic rings. The molecule has 6 heteroatoms. The topological polar surface area (TPSA) is 46.0 Å². The van der Waals surface area contributed by atoms with Gasteiger partial charge < -0.3 is 4.42 Å². The van der Waals surface area contributed by atoms with Crippen LogP contribution in [-0.2, 0) is 0 Å². The van der Waals surface area contributed by atoms with Crippen molar-refractivity contribution in [3.63, 3.8) is 0 Å². The summed E-state index contributed by atoms with van der Waals surface area (Å²) < 4.78 is 6.02. The maximum Gasteiger partial charge on any atom is 0.417 e. The number of hydrogen-bond acceptors (Lipinski definition) is 3. The monoisotopic (exact) mass is 343 g/mol. The van der Waals surface area contributed by atoms with Gasteiger partial charge in [0.1, 0.15) is 0 Å². The van der Waals surface area contributed by atoms with Crippen molar-refractivity contribution in [2.45, 2.75) is 5.38 Å². The van der Waals surface area contributed by atoms with E-state index in [1.807, 2.05) is 17.5 Å². The fourth-order valence-corrected chi connectivity index (χ4v) is 3.90. The van der Waals surface area contributed by atoms with E-state index in [0.29, 0.717) is 11.1 Å². The number of H-pyrrole nitrogens is 1. The van der Waals surface area contributed by atoms with Crippen LogP contribution in [0, 0.1) is 0 Å². The molecule has 0 fully saturated rings. The quantitative estimate of drug-likeness (QED) is 0.706. The number of aromatic nitrogens is 1. The van der Waals surface area contributed by atoms with Crippen LogP contribution in [0.5, 0.6) is 0 Å². The number of thiophene rings is 1. The van der Waals surface area contributed by atoms with Gasteiger partial charge in [0.15, 0.2) is 5.58 Å². The molecule has 0 amide bonds. The lowest BCUT2D eigenvalue weighted by molar-refractivity contribution is 0.555. The Hall–Kier alpha value is -1.04. The molecule has 2 heterocycles. The highest BCUT2D eigenvalue weighted by Gasteiger charge is 2.16. The normalized spacial score (nSPS) is 13.0. The van der Waals surface area contributed by atoms with Crippen molar-refractivity contribution in [2.75, 3.05) is 0 Å². The lowest BCUT2D eigenvalue weighted by Crippen LogP contribution is -1.92. The van der Waals surface area contributed by atoms with Crippen LogP contribution in [0.4, 0.5) is 0 Å². The second kappa shape index (κ2) is 4.57. The molecule has 0 spiro atoms. The molecule has 1 N–H and O–H groups in total. The Labute approximate surface area is 120 Å². The maximum absolute atomic E-state index is 11.1. The molecular formula is C12H7BrClNO2S. The van der Waals surface area contributed by atoms with Gasteiger partial charge in [-0.05, 0) is 45.1 Å². The van der Waals surface area contributed by atoms with Gasteiger partial charge in [-0.2, -0.15) is 0 Å². The van der Waals surface area contributed by atoms with E-state index in [2.05, 4.69) is 20.9 Å². The van der Waals surface area contributed by atoms with Gasteiger partial charge in [0.25, 0.3) is 0 Å². The number of rotatable bonds is 2. The third kappa shape index (κ3) is 2.02. The minimum Gasteiger partial charge on any atom is -0.408 e. The molecule has 3 nitrogen and oxygen atoms in total. The van der Waals surface area contributed by atoms with Crippen LogP contribution < -0.4 is 5.76 Å². The molecule has 18 heavy (non-hydrogen) atoms. The van der Waals surface area contributed by atoms with Crippen molar-refractivity contribution in [2.24, 2.45) is 0 Å². The van der Waals surface area contributed by atoms with Crippen molar-refractivity contribution in [3.8, 4) is 0 Å². The van der Waals surface area contributed by atoms with Gasteiger partial charge in [-0.3, -0.25) is 4.98 Å². The van der Waals surface area contributed by atoms with Crippen LogP contribution in [0.2, 0.25) is 0 Å². The van der Waals surface area contributed by atoms with E-state index in [1.165, 1.54) is 0 Å². The van der Waals surface area contributed by atoms with Crippen molar-refractivity contribution in [1.82, 2.24) is 4.98 Å². The molecule has 0 bridgehead atoms. The average Bonchev–Trinajstić information content (AvgIpc) is 2.91. The average molecular weight is 345 g/mol. The van der Waals surface area contributed by atoms with E-state index in [-0.39, 0.29) is 5.38 Å². The van der Waals surface area contributed by atoms with Crippen LogP contribution in [0.3, 0.4) is 0 Å². The zero-order valence-electron chi connectivity index (χ0n) is 8.94. The SMILES string of the molecule is O=c1[nH]c2ccc(C(Cl)c3sccc3Br)cc2o1. The highest BCUT2D eigenvalue weighted by Crippen LogP contribution is 2.38. The second-order valence-electron chi connectivity index (χ2n) is 3.77. The zero-order chi connectivity index (χ0) is 12.7. The number of nitrogens with one attached hydrogen (secondary N) is 1. The van der Waals surface area contributed by atoms with Crippen molar-refractivity contribution in [3.05, 3.63) is 55.1 Å². The second-order valence-corrected chi connectivity index (χ2v) is 6.00. The first-order valence-electron chi connectivity index (χ1n) is 5.15. The summed E-state index contributed by atoms with van der Waals surface area (Å²) in [6.45, 7) is 0. The first kappa shape index (κ1) is 12.0. The third-order valence-electron chi connectivity index (χ3n) is 2.61. The van der Waals surface area contributed by atoms with Crippen LogP contribution in [0.25, 0.3) is 11.1 Å². The molecule has 0 aliphatic carbocycles. The molecule has 0 aliphatic heterocycles. The van der Waals surface area contributed by atoms with Crippen molar-refractivity contribution >= 4 is 50.0 Å². The van der Waals surface area contributed by atoms with Gasteiger partial charge in [0.05, 0.1) is 10.9 Å². The summed E-state index contributed by atoms with van der Waals surface area (Å²) in [5.41, 5.74) is 2.10. The molecular weight excluding hydrogens is 338 g/mol. The standard InChI is InChI=1S/C12H7BrClNO2S/c13-7-3-4-18-11(7)10(14)6-1-2-8-9(5-6)17-12(16)15-8/h1-5,10H,(H,15,16). The Balaban J connectivity index is 2.09. The Bertz CT molecular complexity index is 761. The van der Waals surface area contributed by atoms with Gasteiger partial charge in [0, 0.05) is 9.35 Å². The van der Waals surface area contributed by atoms with E-state index in [9.17, 15) is 4.79 Å². The smallest absolute Gasteiger partial charge is 0.408 e. The van der Waals surface area contributed by atoms with E-state index in [1.54, 1.807) is 23.5 Å². The molecule has 1 unspecified atom stereocenters. The van der Waals surface area contributed by atoms with E-state index in [0.717, 1.165) is 14.9 Å². The first-order chi connectivity index (χ1) is 8.65. The minimum atomic E-state index is -0.453. The van der Waals surface area contributed by atoms with Gasteiger partial charge in [-0.25, -0.2) is 4.79 Å². The van der Waals surface area contributed by atoms with Crippen LogP contribution in [0.15, 0.2) is 43.3 Å². The highest BCUT2D eigenvalue weighted by atomic mass is 79.9. The molecule has 0 radical (unpaired) electrons. The number of oxazole rings is 1. The number of aromatic amines is 1. The molecule has 1 aromatic carbocycles. The number of alkyl halides is 1. The number of halogens is 2. The van der Waals surface area contributed by atoms with Crippen LogP contribution in [-0.4, -0.2) is 4.98 Å². The molecule has 3 rings (SSSR count). The van der Waals surface area contributed by atoms with Gasteiger partial charge in [0.2, 0.25) is 0 Å². The zero-order valence-corrected chi connectivity index (χ0v) is 12.1. The molecule has 92 valence electrons. The molecule has 2 aromatic heterocycles. The van der Waals surface area contributed by atoms with E-state index in [4.69, 9.17) is 16.0 Å². The Morgan fingerprint density at radius 1 is 1.39 bits per heavy atom. The number of benzene rings is 1. The summed E-state index contributed by atoms with van der Waals surface area (Å²) in [4.78, 5) is 14.7.